The van der Waals surface area contributed by atoms with Crippen LogP contribution in [-0.2, 0) is 0 Å². The largest absolute Gasteiger partial charge is 0.488 e. The Kier molecular flexibility index (Phi) is 3.84. The van der Waals surface area contributed by atoms with Gasteiger partial charge in [-0.2, -0.15) is 0 Å². The van der Waals surface area contributed by atoms with E-state index in [0.717, 1.165) is 18.8 Å². The average molecular weight is 247 g/mol. The van der Waals surface area contributed by atoms with Crippen molar-refractivity contribution in [3.63, 3.8) is 0 Å². The van der Waals surface area contributed by atoms with Crippen molar-refractivity contribution in [3.05, 3.63) is 24.0 Å². The van der Waals surface area contributed by atoms with Gasteiger partial charge in [0.1, 0.15) is 17.3 Å². The highest BCUT2D eigenvalue weighted by Crippen LogP contribution is 2.32. The molecular formula is C14H21N3O. The SMILES string of the molecule is CC1CCC(Oc2cccnc2C(=N)N)CC1C. The monoisotopic (exact) mass is 247 g/mol. The van der Waals surface area contributed by atoms with E-state index in [-0.39, 0.29) is 11.9 Å². The first-order valence-electron chi connectivity index (χ1n) is 6.54. The number of hydrogen-bond acceptors (Lipinski definition) is 3. The fourth-order valence-corrected chi connectivity index (χ4v) is 2.47. The van der Waals surface area contributed by atoms with Crippen LogP contribution >= 0.6 is 0 Å². The molecule has 1 heterocycles. The number of aromatic nitrogens is 1. The van der Waals surface area contributed by atoms with Gasteiger partial charge in [-0.15, -0.1) is 0 Å². The van der Waals surface area contributed by atoms with Crippen molar-refractivity contribution in [2.24, 2.45) is 17.6 Å². The van der Waals surface area contributed by atoms with Gasteiger partial charge in [-0.25, -0.2) is 4.98 Å². The van der Waals surface area contributed by atoms with Crippen LogP contribution in [0, 0.1) is 17.2 Å². The fraction of sp³-hybridized carbons (Fsp3) is 0.571. The van der Waals surface area contributed by atoms with Crippen molar-refractivity contribution in [1.82, 2.24) is 4.98 Å². The predicted octanol–water partition coefficient (Wildman–Crippen LogP) is 2.57. The molecule has 1 saturated carbocycles. The molecule has 2 rings (SSSR count). The Labute approximate surface area is 108 Å². The van der Waals surface area contributed by atoms with E-state index in [1.54, 1.807) is 6.20 Å². The van der Waals surface area contributed by atoms with Gasteiger partial charge in [0, 0.05) is 6.20 Å². The molecular weight excluding hydrogens is 226 g/mol. The third kappa shape index (κ3) is 2.81. The van der Waals surface area contributed by atoms with Crippen molar-refractivity contribution in [2.45, 2.75) is 39.2 Å². The van der Waals surface area contributed by atoms with Gasteiger partial charge in [-0.1, -0.05) is 13.8 Å². The van der Waals surface area contributed by atoms with Crippen LogP contribution in [-0.4, -0.2) is 16.9 Å². The molecule has 1 fully saturated rings. The molecule has 4 heteroatoms. The van der Waals surface area contributed by atoms with E-state index in [2.05, 4.69) is 18.8 Å². The summed E-state index contributed by atoms with van der Waals surface area (Å²) in [4.78, 5) is 4.10. The minimum absolute atomic E-state index is 0.0391. The number of hydrogen-bond donors (Lipinski definition) is 2. The van der Waals surface area contributed by atoms with E-state index < -0.39 is 0 Å². The molecule has 0 aromatic carbocycles. The second-order valence-corrected chi connectivity index (χ2v) is 5.27. The van der Waals surface area contributed by atoms with Gasteiger partial charge in [-0.3, -0.25) is 5.41 Å². The quantitative estimate of drug-likeness (QED) is 0.637. The van der Waals surface area contributed by atoms with Gasteiger partial charge in [0.05, 0.1) is 6.10 Å². The number of ether oxygens (including phenoxy) is 1. The molecule has 0 radical (unpaired) electrons. The molecule has 1 aliphatic rings. The van der Waals surface area contributed by atoms with Gasteiger partial charge < -0.3 is 10.5 Å². The highest BCUT2D eigenvalue weighted by molar-refractivity contribution is 5.95. The lowest BCUT2D eigenvalue weighted by molar-refractivity contribution is 0.100. The van der Waals surface area contributed by atoms with Gasteiger partial charge >= 0.3 is 0 Å². The topological polar surface area (TPSA) is 72.0 Å². The van der Waals surface area contributed by atoms with Crippen LogP contribution in [0.4, 0.5) is 0 Å². The van der Waals surface area contributed by atoms with Gasteiger partial charge in [0.25, 0.3) is 0 Å². The molecule has 98 valence electrons. The zero-order valence-corrected chi connectivity index (χ0v) is 11.0. The maximum atomic E-state index is 7.50. The molecule has 0 spiro atoms. The molecule has 0 saturated heterocycles. The van der Waals surface area contributed by atoms with Crippen LogP contribution in [0.3, 0.4) is 0 Å². The Balaban J connectivity index is 2.08. The Bertz CT molecular complexity index is 433. The summed E-state index contributed by atoms with van der Waals surface area (Å²) in [5.41, 5.74) is 5.96. The van der Waals surface area contributed by atoms with E-state index in [1.807, 2.05) is 12.1 Å². The summed E-state index contributed by atoms with van der Waals surface area (Å²) < 4.78 is 5.98. The Hall–Kier alpha value is -1.58. The molecule has 0 bridgehead atoms. The summed E-state index contributed by atoms with van der Waals surface area (Å²) in [5, 5.41) is 7.50. The number of nitrogen functional groups attached to an aromatic ring is 1. The number of nitrogens with two attached hydrogens (primary N) is 1. The smallest absolute Gasteiger partial charge is 0.149 e. The first kappa shape index (κ1) is 12.9. The minimum atomic E-state index is -0.0391. The normalized spacial score (nSPS) is 27.8. The summed E-state index contributed by atoms with van der Waals surface area (Å²) in [7, 11) is 0. The van der Waals surface area contributed by atoms with Crippen molar-refractivity contribution in [1.29, 1.82) is 5.41 Å². The fourth-order valence-electron chi connectivity index (χ4n) is 2.47. The summed E-state index contributed by atoms with van der Waals surface area (Å²) in [6, 6.07) is 3.66. The predicted molar refractivity (Wildman–Crippen MR) is 71.8 cm³/mol. The summed E-state index contributed by atoms with van der Waals surface area (Å²) in [6.45, 7) is 4.57. The highest BCUT2D eigenvalue weighted by Gasteiger charge is 2.26. The molecule has 1 aliphatic carbocycles. The van der Waals surface area contributed by atoms with Gasteiger partial charge in [0.2, 0.25) is 0 Å². The number of nitrogens with one attached hydrogen (secondary N) is 1. The van der Waals surface area contributed by atoms with Gasteiger partial charge in [-0.05, 0) is 43.2 Å². The Morgan fingerprint density at radius 2 is 2.17 bits per heavy atom. The van der Waals surface area contributed by atoms with Crippen LogP contribution < -0.4 is 10.5 Å². The van der Waals surface area contributed by atoms with Crippen LogP contribution in [0.1, 0.15) is 38.8 Å². The third-order valence-corrected chi connectivity index (χ3v) is 3.87. The molecule has 0 aliphatic heterocycles. The van der Waals surface area contributed by atoms with Gasteiger partial charge in [0.15, 0.2) is 0 Å². The molecule has 18 heavy (non-hydrogen) atoms. The summed E-state index contributed by atoms with van der Waals surface area (Å²) >= 11 is 0. The minimum Gasteiger partial charge on any atom is -0.488 e. The standard InChI is InChI=1S/C14H21N3O/c1-9-5-6-11(8-10(9)2)18-12-4-3-7-17-13(12)14(15)16/h3-4,7,9-11H,5-6,8H2,1-2H3,(H3,15,16). The second-order valence-electron chi connectivity index (χ2n) is 5.27. The first-order chi connectivity index (χ1) is 8.58. The van der Waals surface area contributed by atoms with Crippen molar-refractivity contribution in [3.8, 4) is 5.75 Å². The average Bonchev–Trinajstić information content (AvgIpc) is 2.34. The molecule has 4 nitrogen and oxygen atoms in total. The zero-order chi connectivity index (χ0) is 13.1. The van der Waals surface area contributed by atoms with Crippen molar-refractivity contribution in [2.75, 3.05) is 0 Å². The zero-order valence-electron chi connectivity index (χ0n) is 11.0. The maximum Gasteiger partial charge on any atom is 0.149 e. The van der Waals surface area contributed by atoms with Crippen LogP contribution in [0.25, 0.3) is 0 Å². The van der Waals surface area contributed by atoms with Crippen LogP contribution in [0.5, 0.6) is 5.75 Å². The number of amidine groups is 1. The van der Waals surface area contributed by atoms with Crippen LogP contribution in [0.15, 0.2) is 18.3 Å². The number of nitrogens with zero attached hydrogens (tertiary/aromatic N) is 1. The summed E-state index contributed by atoms with van der Waals surface area (Å²) in [6.07, 6.45) is 5.18. The van der Waals surface area contributed by atoms with E-state index in [9.17, 15) is 0 Å². The molecule has 3 unspecified atom stereocenters. The highest BCUT2D eigenvalue weighted by atomic mass is 16.5. The maximum absolute atomic E-state index is 7.50. The summed E-state index contributed by atoms with van der Waals surface area (Å²) in [5.74, 6) is 2.05. The van der Waals surface area contributed by atoms with E-state index in [0.29, 0.717) is 17.4 Å². The molecule has 1 aromatic heterocycles. The van der Waals surface area contributed by atoms with Crippen molar-refractivity contribution >= 4 is 5.84 Å². The van der Waals surface area contributed by atoms with E-state index in [1.165, 1.54) is 6.42 Å². The second kappa shape index (κ2) is 5.38. The lowest BCUT2D eigenvalue weighted by Gasteiger charge is -2.32. The van der Waals surface area contributed by atoms with E-state index >= 15 is 0 Å². The number of pyridine rings is 1. The number of rotatable bonds is 3. The molecule has 0 amide bonds. The lowest BCUT2D eigenvalue weighted by Crippen LogP contribution is -2.29. The third-order valence-electron chi connectivity index (χ3n) is 3.87. The lowest BCUT2D eigenvalue weighted by atomic mass is 9.80. The van der Waals surface area contributed by atoms with Crippen LogP contribution in [0.2, 0.25) is 0 Å². The molecule has 3 N–H and O–H groups in total. The van der Waals surface area contributed by atoms with E-state index in [4.69, 9.17) is 15.9 Å². The first-order valence-corrected chi connectivity index (χ1v) is 6.54. The Morgan fingerprint density at radius 3 is 2.83 bits per heavy atom. The van der Waals surface area contributed by atoms with Crippen molar-refractivity contribution < 1.29 is 4.74 Å². The Morgan fingerprint density at radius 1 is 1.39 bits per heavy atom. The molecule has 3 atom stereocenters. The molecule has 1 aromatic rings.